The Morgan fingerprint density at radius 3 is 2.08 bits per heavy atom. The summed E-state index contributed by atoms with van der Waals surface area (Å²) in [6.45, 7) is 2.25. The second-order valence-electron chi connectivity index (χ2n) is 8.04. The highest BCUT2D eigenvalue weighted by molar-refractivity contribution is 5.26. The molecule has 1 spiro atoms. The molecule has 2 saturated carbocycles. The molecular formula is C19H23F3O2. The third kappa shape index (κ3) is 2.76. The molecule has 1 aromatic carbocycles. The maximum absolute atomic E-state index is 13.7. The van der Waals surface area contributed by atoms with E-state index in [0.717, 1.165) is 18.1 Å². The van der Waals surface area contributed by atoms with Crippen molar-refractivity contribution in [2.45, 2.75) is 45.6 Å². The molecular weight excluding hydrogens is 317 g/mol. The molecule has 1 aliphatic heterocycles. The van der Waals surface area contributed by atoms with E-state index in [2.05, 4.69) is 6.92 Å². The normalized spacial score (nSPS) is 38.7. The van der Waals surface area contributed by atoms with Crippen molar-refractivity contribution in [3.8, 4) is 0 Å². The van der Waals surface area contributed by atoms with Crippen molar-refractivity contribution in [3.63, 3.8) is 0 Å². The van der Waals surface area contributed by atoms with Crippen molar-refractivity contribution in [1.29, 1.82) is 0 Å². The van der Waals surface area contributed by atoms with Gasteiger partial charge >= 0.3 is 0 Å². The van der Waals surface area contributed by atoms with Gasteiger partial charge < -0.3 is 9.47 Å². The van der Waals surface area contributed by atoms with Gasteiger partial charge in [0.15, 0.2) is 6.29 Å². The van der Waals surface area contributed by atoms with Crippen LogP contribution in [0.1, 0.15) is 50.0 Å². The zero-order valence-electron chi connectivity index (χ0n) is 13.9. The van der Waals surface area contributed by atoms with Gasteiger partial charge in [-0.1, -0.05) is 6.92 Å². The number of benzene rings is 1. The summed E-state index contributed by atoms with van der Waals surface area (Å²) in [5.74, 6) is 0.0958. The molecule has 132 valence electrons. The molecule has 5 heteroatoms. The molecule has 3 aliphatic rings. The molecule has 2 aliphatic carbocycles. The Balaban J connectivity index is 1.34. The Hall–Kier alpha value is -1.07. The zero-order valence-corrected chi connectivity index (χ0v) is 13.9. The molecule has 24 heavy (non-hydrogen) atoms. The summed E-state index contributed by atoms with van der Waals surface area (Å²) in [5.41, 5.74) is 0.329. The van der Waals surface area contributed by atoms with Gasteiger partial charge in [0.1, 0.15) is 18.3 Å². The number of alkyl halides is 1. The molecule has 0 unspecified atom stereocenters. The van der Waals surface area contributed by atoms with Crippen LogP contribution < -0.4 is 0 Å². The lowest BCUT2D eigenvalue weighted by atomic mass is 9.47. The van der Waals surface area contributed by atoms with Crippen LogP contribution in [-0.4, -0.2) is 13.2 Å². The quantitative estimate of drug-likeness (QED) is 0.777. The monoisotopic (exact) mass is 340 g/mol. The first-order valence-electron chi connectivity index (χ1n) is 8.77. The Morgan fingerprint density at radius 1 is 1.00 bits per heavy atom. The fourth-order valence-electron chi connectivity index (χ4n) is 5.01. The van der Waals surface area contributed by atoms with Crippen LogP contribution in [0, 0.1) is 34.8 Å². The van der Waals surface area contributed by atoms with Crippen LogP contribution >= 0.6 is 0 Å². The van der Waals surface area contributed by atoms with E-state index in [9.17, 15) is 13.2 Å². The summed E-state index contributed by atoms with van der Waals surface area (Å²) >= 11 is 0. The van der Waals surface area contributed by atoms with Gasteiger partial charge in [0.05, 0.1) is 18.8 Å². The minimum atomic E-state index is -1.16. The van der Waals surface area contributed by atoms with Crippen molar-refractivity contribution in [2.24, 2.45) is 23.2 Å². The van der Waals surface area contributed by atoms with E-state index in [4.69, 9.17) is 9.47 Å². The molecule has 4 rings (SSSR count). The third-order valence-electron chi connectivity index (χ3n) is 6.11. The van der Waals surface area contributed by atoms with Gasteiger partial charge in [0.2, 0.25) is 0 Å². The van der Waals surface area contributed by atoms with Gasteiger partial charge in [-0.15, -0.1) is 0 Å². The second kappa shape index (κ2) is 6.03. The lowest BCUT2D eigenvalue weighted by Gasteiger charge is -2.59. The van der Waals surface area contributed by atoms with Crippen LogP contribution in [0.5, 0.6) is 0 Å². The minimum absolute atomic E-state index is 0.276. The number of ether oxygens (including phenoxy) is 2. The van der Waals surface area contributed by atoms with E-state index < -0.39 is 30.2 Å². The highest BCUT2D eigenvalue weighted by atomic mass is 19.1. The lowest BCUT2D eigenvalue weighted by molar-refractivity contribution is -0.228. The third-order valence-corrected chi connectivity index (χ3v) is 6.11. The van der Waals surface area contributed by atoms with Crippen LogP contribution in [0.25, 0.3) is 0 Å². The summed E-state index contributed by atoms with van der Waals surface area (Å²) < 4.78 is 51.4. The van der Waals surface area contributed by atoms with Gasteiger partial charge in [0, 0.05) is 11.5 Å². The number of hydrogen-bond acceptors (Lipinski definition) is 2. The van der Waals surface area contributed by atoms with E-state index in [1.165, 1.54) is 25.7 Å². The summed E-state index contributed by atoms with van der Waals surface area (Å²) in [4.78, 5) is 0. The zero-order chi connectivity index (χ0) is 16.9. The average molecular weight is 340 g/mol. The number of rotatable bonds is 3. The number of halogens is 3. The van der Waals surface area contributed by atoms with Crippen molar-refractivity contribution >= 4 is 0 Å². The first-order chi connectivity index (χ1) is 11.5. The first kappa shape index (κ1) is 16.4. The van der Waals surface area contributed by atoms with Crippen LogP contribution in [0.15, 0.2) is 12.1 Å². The SMILES string of the molecule is CC1CC2(C1)CC(C1COC(c3cc(F)c(CF)c(F)c3)OC1)C2. The van der Waals surface area contributed by atoms with Gasteiger partial charge in [0.25, 0.3) is 0 Å². The Morgan fingerprint density at radius 2 is 1.58 bits per heavy atom. The summed E-state index contributed by atoms with van der Waals surface area (Å²) in [6, 6.07) is 2.22. The van der Waals surface area contributed by atoms with E-state index in [1.54, 1.807) is 0 Å². The van der Waals surface area contributed by atoms with E-state index in [1.807, 2.05) is 0 Å². The second-order valence-corrected chi connectivity index (χ2v) is 8.04. The maximum atomic E-state index is 13.7. The Kier molecular flexibility index (Phi) is 4.12. The molecule has 1 saturated heterocycles. The Labute approximate surface area is 140 Å². The molecule has 0 amide bonds. The highest BCUT2D eigenvalue weighted by Crippen LogP contribution is 2.62. The lowest BCUT2D eigenvalue weighted by Crippen LogP contribution is -2.51. The smallest absolute Gasteiger partial charge is 0.184 e. The maximum Gasteiger partial charge on any atom is 0.184 e. The van der Waals surface area contributed by atoms with Crippen LogP contribution in [0.2, 0.25) is 0 Å². The molecule has 0 aromatic heterocycles. The van der Waals surface area contributed by atoms with E-state index in [0.29, 0.717) is 30.5 Å². The van der Waals surface area contributed by atoms with E-state index in [-0.39, 0.29) is 5.56 Å². The number of hydrogen-bond donors (Lipinski definition) is 0. The summed E-state index contributed by atoms with van der Waals surface area (Å²) in [7, 11) is 0. The van der Waals surface area contributed by atoms with Gasteiger partial charge in [-0.05, 0) is 55.1 Å². The molecule has 0 atom stereocenters. The fourth-order valence-corrected chi connectivity index (χ4v) is 5.01. The first-order valence-corrected chi connectivity index (χ1v) is 8.77. The van der Waals surface area contributed by atoms with Crippen molar-refractivity contribution in [3.05, 3.63) is 34.9 Å². The van der Waals surface area contributed by atoms with Crippen molar-refractivity contribution in [2.75, 3.05) is 13.2 Å². The summed E-state index contributed by atoms with van der Waals surface area (Å²) in [6.07, 6.45) is 4.44. The van der Waals surface area contributed by atoms with Crippen molar-refractivity contribution < 1.29 is 22.6 Å². The van der Waals surface area contributed by atoms with Crippen LogP contribution in [-0.2, 0) is 16.1 Å². The largest absolute Gasteiger partial charge is 0.348 e. The molecule has 2 nitrogen and oxygen atoms in total. The van der Waals surface area contributed by atoms with Crippen LogP contribution in [0.4, 0.5) is 13.2 Å². The molecule has 0 bridgehead atoms. The molecule has 0 radical (unpaired) electrons. The van der Waals surface area contributed by atoms with Crippen molar-refractivity contribution in [1.82, 2.24) is 0 Å². The highest BCUT2D eigenvalue weighted by Gasteiger charge is 2.53. The molecule has 0 N–H and O–H groups in total. The minimum Gasteiger partial charge on any atom is -0.348 e. The molecule has 1 aromatic rings. The van der Waals surface area contributed by atoms with Gasteiger partial charge in [-0.2, -0.15) is 0 Å². The molecule has 3 fully saturated rings. The van der Waals surface area contributed by atoms with E-state index >= 15 is 0 Å². The predicted octanol–water partition coefficient (Wildman–Crippen LogP) is 4.92. The van der Waals surface area contributed by atoms with Gasteiger partial charge in [-0.3, -0.25) is 0 Å². The summed E-state index contributed by atoms with van der Waals surface area (Å²) in [5, 5.41) is 0. The molecule has 1 heterocycles. The standard InChI is InChI=1S/C19H23F3O2/c1-11-4-19(5-11)6-13(7-19)14-9-23-18(24-10-14)12-2-16(21)15(8-20)17(22)3-12/h2-3,11,13-14,18H,4-10H2,1H3. The predicted molar refractivity (Wildman–Crippen MR) is 82.9 cm³/mol. The average Bonchev–Trinajstić information content (AvgIpc) is 2.49. The fraction of sp³-hybridized carbons (Fsp3) is 0.684. The van der Waals surface area contributed by atoms with Gasteiger partial charge in [-0.25, -0.2) is 13.2 Å². The topological polar surface area (TPSA) is 18.5 Å². The Bertz CT molecular complexity index is 588. The van der Waals surface area contributed by atoms with Crippen LogP contribution in [0.3, 0.4) is 0 Å².